The van der Waals surface area contributed by atoms with Gasteiger partial charge in [0.15, 0.2) is 0 Å². The maximum Gasteiger partial charge on any atom is 0.123 e. The Hall–Kier alpha value is -1.63. The van der Waals surface area contributed by atoms with Crippen LogP contribution in [-0.2, 0) is 6.42 Å². The quantitative estimate of drug-likeness (QED) is 0.693. The number of benzene rings is 2. The monoisotopic (exact) mass is 200 g/mol. The molecule has 0 fully saturated rings. The minimum atomic E-state index is -0.177. The van der Waals surface area contributed by atoms with Crippen molar-refractivity contribution in [3.8, 4) is 0 Å². The lowest BCUT2D eigenvalue weighted by Gasteiger charge is -2.05. The Labute approximate surface area is 89.4 Å². The molecule has 0 unspecified atom stereocenters. The van der Waals surface area contributed by atoms with Crippen molar-refractivity contribution < 1.29 is 4.39 Å². The third kappa shape index (κ3) is 2.44. The zero-order valence-electron chi connectivity index (χ0n) is 8.70. The van der Waals surface area contributed by atoms with E-state index < -0.39 is 0 Å². The van der Waals surface area contributed by atoms with Gasteiger partial charge in [-0.15, -0.1) is 0 Å². The van der Waals surface area contributed by atoms with Gasteiger partial charge in [-0.3, -0.25) is 0 Å². The zero-order valence-corrected chi connectivity index (χ0v) is 8.70. The van der Waals surface area contributed by atoms with E-state index in [0.29, 0.717) is 0 Å². The highest BCUT2D eigenvalue weighted by Crippen LogP contribution is 2.13. The van der Waals surface area contributed by atoms with Gasteiger partial charge in [0.1, 0.15) is 5.82 Å². The van der Waals surface area contributed by atoms with Gasteiger partial charge in [0.25, 0.3) is 0 Å². The lowest BCUT2D eigenvalue weighted by molar-refractivity contribution is 0.627. The molecular weight excluding hydrogens is 187 g/mol. The van der Waals surface area contributed by atoms with Crippen molar-refractivity contribution in [2.24, 2.45) is 0 Å². The Morgan fingerprint density at radius 1 is 0.933 bits per heavy atom. The summed E-state index contributed by atoms with van der Waals surface area (Å²) in [5.41, 5.74) is 3.72. The Morgan fingerprint density at radius 2 is 1.60 bits per heavy atom. The molecule has 2 aromatic carbocycles. The lowest BCUT2D eigenvalue weighted by atomic mass is 10.0. The molecule has 0 bridgehead atoms. The molecule has 0 radical (unpaired) electrons. The van der Waals surface area contributed by atoms with E-state index >= 15 is 0 Å². The lowest BCUT2D eigenvalue weighted by Crippen LogP contribution is -1.91. The van der Waals surface area contributed by atoms with Gasteiger partial charge >= 0.3 is 0 Å². The van der Waals surface area contributed by atoms with Crippen LogP contribution in [0.25, 0.3) is 0 Å². The number of halogens is 1. The molecule has 0 aliphatic rings. The predicted molar refractivity (Wildman–Crippen MR) is 60.4 cm³/mol. The Morgan fingerprint density at radius 3 is 2.27 bits per heavy atom. The van der Waals surface area contributed by atoms with Crippen molar-refractivity contribution in [2.75, 3.05) is 0 Å². The van der Waals surface area contributed by atoms with Crippen LogP contribution in [0.2, 0.25) is 0 Å². The summed E-state index contributed by atoms with van der Waals surface area (Å²) in [4.78, 5) is 0. The first-order chi connectivity index (χ1) is 7.25. The van der Waals surface area contributed by atoms with Crippen molar-refractivity contribution in [3.63, 3.8) is 0 Å². The van der Waals surface area contributed by atoms with E-state index in [4.69, 9.17) is 0 Å². The van der Waals surface area contributed by atoms with E-state index in [1.54, 1.807) is 0 Å². The molecule has 0 atom stereocenters. The standard InChI is InChI=1S/C14H13F/c1-11-4-2-3-5-13(11)10-12-6-8-14(15)9-7-12/h2-9H,10H2,1H3. The van der Waals surface area contributed by atoms with Crippen LogP contribution in [-0.4, -0.2) is 0 Å². The molecule has 0 aliphatic carbocycles. The maximum atomic E-state index is 12.7. The Balaban J connectivity index is 2.22. The Bertz CT molecular complexity index is 443. The molecule has 1 heteroatoms. The molecule has 0 N–H and O–H groups in total. The first-order valence-electron chi connectivity index (χ1n) is 5.04. The van der Waals surface area contributed by atoms with Gasteiger partial charge in [-0.25, -0.2) is 4.39 Å². The van der Waals surface area contributed by atoms with Gasteiger partial charge in [0.05, 0.1) is 0 Å². The summed E-state index contributed by atoms with van der Waals surface area (Å²) in [6, 6.07) is 15.0. The van der Waals surface area contributed by atoms with Crippen molar-refractivity contribution in [2.45, 2.75) is 13.3 Å². The van der Waals surface area contributed by atoms with E-state index in [9.17, 15) is 4.39 Å². The molecule has 0 spiro atoms. The molecule has 0 aromatic heterocycles. The molecule has 2 rings (SSSR count). The van der Waals surface area contributed by atoms with Crippen LogP contribution >= 0.6 is 0 Å². The van der Waals surface area contributed by atoms with Crippen LogP contribution in [0.4, 0.5) is 4.39 Å². The fourth-order valence-electron chi connectivity index (χ4n) is 1.63. The van der Waals surface area contributed by atoms with Crippen LogP contribution in [0, 0.1) is 12.7 Å². The molecule has 0 saturated heterocycles. The molecule has 76 valence electrons. The van der Waals surface area contributed by atoms with Crippen molar-refractivity contribution in [3.05, 3.63) is 71.0 Å². The molecule has 0 nitrogen and oxygen atoms in total. The number of hydrogen-bond donors (Lipinski definition) is 0. The SMILES string of the molecule is Cc1ccccc1Cc1ccc(F)cc1. The fourth-order valence-corrected chi connectivity index (χ4v) is 1.63. The van der Waals surface area contributed by atoms with E-state index in [1.165, 1.54) is 23.3 Å². The second-order valence-electron chi connectivity index (χ2n) is 3.73. The number of aryl methyl sites for hydroxylation is 1. The molecule has 15 heavy (non-hydrogen) atoms. The summed E-state index contributed by atoms with van der Waals surface area (Å²) < 4.78 is 12.7. The van der Waals surface area contributed by atoms with Gasteiger partial charge in [-0.05, 0) is 42.2 Å². The average Bonchev–Trinajstić information content (AvgIpc) is 2.25. The first-order valence-corrected chi connectivity index (χ1v) is 5.04. The van der Waals surface area contributed by atoms with Crippen LogP contribution in [0.1, 0.15) is 16.7 Å². The summed E-state index contributed by atoms with van der Waals surface area (Å²) >= 11 is 0. The molecular formula is C14H13F. The molecule has 0 saturated carbocycles. The summed E-state index contributed by atoms with van der Waals surface area (Å²) in [5, 5.41) is 0. The van der Waals surface area contributed by atoms with Gasteiger partial charge in [0, 0.05) is 0 Å². The van der Waals surface area contributed by atoms with E-state index in [1.807, 2.05) is 24.3 Å². The summed E-state index contributed by atoms with van der Waals surface area (Å²) in [5.74, 6) is -0.177. The Kier molecular flexibility index (Phi) is 2.82. The van der Waals surface area contributed by atoms with Crippen LogP contribution in [0.5, 0.6) is 0 Å². The highest BCUT2D eigenvalue weighted by atomic mass is 19.1. The molecule has 2 aromatic rings. The second-order valence-corrected chi connectivity index (χ2v) is 3.73. The van der Waals surface area contributed by atoms with Crippen molar-refractivity contribution in [1.82, 2.24) is 0 Å². The summed E-state index contributed by atoms with van der Waals surface area (Å²) in [6.45, 7) is 2.10. The van der Waals surface area contributed by atoms with E-state index in [0.717, 1.165) is 12.0 Å². The number of rotatable bonds is 2. The predicted octanol–water partition coefficient (Wildman–Crippen LogP) is 3.72. The normalized spacial score (nSPS) is 10.3. The summed E-state index contributed by atoms with van der Waals surface area (Å²) in [7, 11) is 0. The topological polar surface area (TPSA) is 0 Å². The third-order valence-corrected chi connectivity index (χ3v) is 2.57. The van der Waals surface area contributed by atoms with Gasteiger partial charge < -0.3 is 0 Å². The summed E-state index contributed by atoms with van der Waals surface area (Å²) in [6.07, 6.45) is 0.868. The average molecular weight is 200 g/mol. The van der Waals surface area contributed by atoms with E-state index in [2.05, 4.69) is 19.1 Å². The smallest absolute Gasteiger partial charge is 0.123 e. The third-order valence-electron chi connectivity index (χ3n) is 2.57. The minimum Gasteiger partial charge on any atom is -0.207 e. The van der Waals surface area contributed by atoms with Crippen LogP contribution in [0.15, 0.2) is 48.5 Å². The van der Waals surface area contributed by atoms with E-state index in [-0.39, 0.29) is 5.82 Å². The number of hydrogen-bond acceptors (Lipinski definition) is 0. The van der Waals surface area contributed by atoms with Crippen LogP contribution < -0.4 is 0 Å². The maximum absolute atomic E-state index is 12.7. The van der Waals surface area contributed by atoms with Gasteiger partial charge in [-0.2, -0.15) is 0 Å². The highest BCUT2D eigenvalue weighted by molar-refractivity contribution is 5.31. The second kappa shape index (κ2) is 4.26. The first kappa shape index (κ1) is 9.91. The van der Waals surface area contributed by atoms with Crippen molar-refractivity contribution >= 4 is 0 Å². The van der Waals surface area contributed by atoms with Crippen molar-refractivity contribution in [1.29, 1.82) is 0 Å². The molecule has 0 aliphatic heterocycles. The van der Waals surface area contributed by atoms with Gasteiger partial charge in [-0.1, -0.05) is 36.4 Å². The molecule has 0 heterocycles. The van der Waals surface area contributed by atoms with Crippen LogP contribution in [0.3, 0.4) is 0 Å². The fraction of sp³-hybridized carbons (Fsp3) is 0.143. The zero-order chi connectivity index (χ0) is 10.7. The molecule has 0 amide bonds. The minimum absolute atomic E-state index is 0.177. The highest BCUT2D eigenvalue weighted by Gasteiger charge is 1.99. The largest absolute Gasteiger partial charge is 0.207 e. The van der Waals surface area contributed by atoms with Gasteiger partial charge in [0.2, 0.25) is 0 Å².